The van der Waals surface area contributed by atoms with Crippen LogP contribution in [0.25, 0.3) is 0 Å². The van der Waals surface area contributed by atoms with Crippen LogP contribution in [0.2, 0.25) is 0 Å². The molecule has 6 unspecified atom stereocenters. The topological polar surface area (TPSA) is 139 Å². The Morgan fingerprint density at radius 3 is 2.38 bits per heavy atom. The number of benzene rings is 1. The van der Waals surface area contributed by atoms with Crippen LogP contribution in [0.15, 0.2) is 30.3 Å². The molecule has 1 amide bonds. The normalized spacial score (nSPS) is 29.8. The maximum atomic E-state index is 13.4. The summed E-state index contributed by atoms with van der Waals surface area (Å²) < 4.78 is 74.5. The average molecular weight is 754 g/mol. The average Bonchev–Trinajstić information content (AvgIpc) is 3.34. The number of likely N-dealkylation sites (tertiary alicyclic amines) is 1. The van der Waals surface area contributed by atoms with E-state index in [-0.39, 0.29) is 11.6 Å². The van der Waals surface area contributed by atoms with E-state index in [1.165, 1.54) is 17.0 Å². The third-order valence-corrected chi connectivity index (χ3v) is 6.76. The number of hydrogen-bond donors (Lipinski definition) is 0. The van der Waals surface area contributed by atoms with Crippen LogP contribution in [0.4, 0.5) is 8.78 Å². The monoisotopic (exact) mass is 754 g/mol. The number of carbonyl (C=O) groups excluding carboxylic acids is 3. The van der Waals surface area contributed by atoms with Crippen LogP contribution in [0.1, 0.15) is 24.2 Å². The van der Waals surface area contributed by atoms with Crippen LogP contribution in [-0.4, -0.2) is 71.4 Å². The van der Waals surface area contributed by atoms with E-state index < -0.39 is 76.0 Å². The summed E-state index contributed by atoms with van der Waals surface area (Å²) >= 11 is 0. The summed E-state index contributed by atoms with van der Waals surface area (Å²) in [5.74, 6) is -5.18. The van der Waals surface area contributed by atoms with Gasteiger partial charge in [0.25, 0.3) is 11.2 Å². The molecule has 10 nitrogen and oxygen atoms in total. The standard InChI is InChI=1S/C20H20F2NO9S.Rf/c1-9(2)23-13-14-11(17(23)24)12(19(26)30-8-20(21,22)33(27,28)29)15(31-14)16(13)32-18(25)10-6-4-3-5-7-10;/h3-9,11-16H,1-2H3,(H,27,28,29);/q-1;/p-1. The first-order valence-electron chi connectivity index (χ1n) is 9.97. The number of fused-ring (bicyclic) bond motifs is 1. The molecule has 0 aromatic heterocycles. The molecule has 0 radical (unpaired) electrons. The Bertz CT molecular complexity index is 1080. The molecule has 3 aliphatic rings. The van der Waals surface area contributed by atoms with Crippen molar-refractivity contribution in [3.8, 4) is 0 Å². The van der Waals surface area contributed by atoms with Crippen molar-refractivity contribution in [2.45, 2.75) is 49.5 Å². The summed E-state index contributed by atoms with van der Waals surface area (Å²) in [6.07, 6.45) is -3.15. The van der Waals surface area contributed by atoms with E-state index >= 15 is 0 Å². The summed E-state index contributed by atoms with van der Waals surface area (Å²) in [6, 6.07) is 6.88. The first-order valence-corrected chi connectivity index (χ1v) is 11.4. The second-order valence-corrected chi connectivity index (χ2v) is 9.71. The molecule has 3 aliphatic heterocycles. The number of hydrogen-bond acceptors (Lipinski definition) is 9. The number of carbonyl (C=O) groups is 3. The van der Waals surface area contributed by atoms with E-state index in [9.17, 15) is 36.1 Å². The third-order valence-electron chi connectivity index (χ3n) is 5.99. The number of alkyl halides is 2. The predicted octanol–water partition coefficient (Wildman–Crippen LogP) is 0.688. The summed E-state index contributed by atoms with van der Waals surface area (Å²) in [6.45, 7) is 2.76. The van der Waals surface area contributed by atoms with E-state index in [0.717, 1.165) is 0 Å². The van der Waals surface area contributed by atoms with Crippen molar-refractivity contribution in [1.29, 1.82) is 0 Å². The fraction of sp³-hybridized carbons (Fsp3) is 0.500. The van der Waals surface area contributed by atoms with Gasteiger partial charge in [0, 0.05) is 6.04 Å². The molecule has 4 rings (SSSR count). The van der Waals surface area contributed by atoms with Gasteiger partial charge in [0.05, 0.1) is 29.5 Å². The summed E-state index contributed by atoms with van der Waals surface area (Å²) in [5, 5.41) is -4.97. The Morgan fingerprint density at radius 1 is 1.21 bits per heavy atom. The Hall–Kier alpha value is -3.64. The Labute approximate surface area is 187 Å². The zero-order chi connectivity index (χ0) is 24.3. The molecule has 2 bridgehead atoms. The van der Waals surface area contributed by atoms with Crippen LogP contribution in [-0.2, 0) is 33.9 Å². The van der Waals surface area contributed by atoms with E-state index in [1.54, 1.807) is 32.0 Å². The smallest absolute Gasteiger partial charge is 0.338 e. The Kier molecular flexibility index (Phi) is 6.10. The van der Waals surface area contributed by atoms with Gasteiger partial charge >= 0.3 is 5.97 Å². The first-order chi connectivity index (χ1) is 15.3. The van der Waals surface area contributed by atoms with E-state index in [1.807, 2.05) is 0 Å². The van der Waals surface area contributed by atoms with Gasteiger partial charge in [-0.2, -0.15) is 0 Å². The van der Waals surface area contributed by atoms with Gasteiger partial charge in [0.2, 0.25) is 5.91 Å². The number of rotatable bonds is 7. The molecular weight excluding hydrogens is 735 g/mol. The van der Waals surface area contributed by atoms with Crippen molar-refractivity contribution < 1.29 is 50.3 Å². The van der Waals surface area contributed by atoms with Crippen LogP contribution < -0.4 is 0 Å². The largest absolute Gasteiger partial charge is 0.746 e. The van der Waals surface area contributed by atoms with E-state index in [4.69, 9.17) is 9.47 Å². The van der Waals surface area contributed by atoms with Gasteiger partial charge in [-0.15, -0.1) is 0 Å². The van der Waals surface area contributed by atoms with E-state index in [0.29, 0.717) is 0 Å². The molecule has 0 saturated carbocycles. The number of esters is 2. The van der Waals surface area contributed by atoms with Gasteiger partial charge in [0.1, 0.15) is 16.2 Å². The SMILES string of the molecule is CC(C)N1C(=O)C2C3OC(C(OC(=O)c4ccccc4)C31)C2C(=O)O[CH-]C(F)(F)S(=O)(=O)[O-].[Rf]. The third kappa shape index (κ3) is 3.74. The molecule has 3 fully saturated rings. The second-order valence-electron chi connectivity index (χ2n) is 8.25. The summed E-state index contributed by atoms with van der Waals surface area (Å²) in [7, 11) is -6.12. The molecule has 6 atom stereocenters. The van der Waals surface area contributed by atoms with Gasteiger partial charge in [-0.05, 0) is 26.0 Å². The van der Waals surface area contributed by atoms with Gasteiger partial charge in [0.15, 0.2) is 6.10 Å². The molecule has 1 aromatic carbocycles. The van der Waals surface area contributed by atoms with Crippen molar-refractivity contribution in [2.24, 2.45) is 11.8 Å². The Balaban J connectivity index is 0.00000324. The van der Waals surface area contributed by atoms with E-state index in [2.05, 4.69) is 4.74 Å². The molecule has 0 aliphatic carbocycles. The fourth-order valence-corrected chi connectivity index (χ4v) is 4.86. The summed E-state index contributed by atoms with van der Waals surface area (Å²) in [5.41, 5.74) is 0.213. The molecule has 182 valence electrons. The minimum Gasteiger partial charge on any atom is -0.746 e. The van der Waals surface area contributed by atoms with Gasteiger partial charge in [-0.25, -0.2) is 22.0 Å². The maximum Gasteiger partial charge on any atom is 0.338 e. The van der Waals surface area contributed by atoms with Gasteiger partial charge < -0.3 is 23.7 Å². The molecule has 14 heteroatoms. The quantitative estimate of drug-likeness (QED) is 0.224. The number of ether oxygens (including phenoxy) is 3. The molecular formula is C20H19F2NO9RfS-2. The minimum atomic E-state index is -6.12. The van der Waals surface area contributed by atoms with Crippen LogP contribution >= 0.6 is 0 Å². The predicted molar refractivity (Wildman–Crippen MR) is 102 cm³/mol. The van der Waals surface area contributed by atoms with Gasteiger partial charge in [-0.3, -0.25) is 9.59 Å². The molecule has 3 saturated heterocycles. The minimum absolute atomic E-state index is 0. The second kappa shape index (κ2) is 8.29. The van der Waals surface area contributed by atoms with Crippen molar-refractivity contribution in [2.75, 3.05) is 0 Å². The molecule has 34 heavy (non-hydrogen) atoms. The first kappa shape index (κ1) is 25.0. The van der Waals surface area contributed by atoms with Crippen molar-refractivity contribution >= 4 is 28.0 Å². The number of amides is 1. The maximum absolute atomic E-state index is 13.4. The number of nitrogens with zero attached hydrogens (tertiary/aromatic N) is 1. The van der Waals surface area contributed by atoms with Gasteiger partial charge in [-0.1, -0.05) is 24.8 Å². The molecule has 0 spiro atoms. The summed E-state index contributed by atoms with van der Waals surface area (Å²) in [4.78, 5) is 39.8. The Morgan fingerprint density at radius 2 is 1.82 bits per heavy atom. The fourth-order valence-electron chi connectivity index (χ4n) is 4.69. The van der Waals surface area contributed by atoms with Crippen molar-refractivity contribution in [3.63, 3.8) is 0 Å². The van der Waals surface area contributed by atoms with Crippen LogP contribution in [0.3, 0.4) is 0 Å². The van der Waals surface area contributed by atoms with Crippen LogP contribution in [0.5, 0.6) is 0 Å². The zero-order valence-corrected chi connectivity index (χ0v) is 25.2. The van der Waals surface area contributed by atoms with Crippen LogP contribution in [0, 0.1) is 18.4 Å². The molecule has 0 N–H and O–H groups in total. The molecule has 3 heterocycles. The van der Waals surface area contributed by atoms with Crippen molar-refractivity contribution in [1.82, 2.24) is 4.90 Å². The zero-order valence-electron chi connectivity index (χ0n) is 18.0. The molecule has 1 aromatic rings. The number of halogens is 2. The van der Waals surface area contributed by atoms with Crippen molar-refractivity contribution in [3.05, 3.63) is 42.5 Å².